The topological polar surface area (TPSA) is 49.5 Å². The van der Waals surface area contributed by atoms with Crippen molar-refractivity contribution < 1.29 is 9.50 Å². The van der Waals surface area contributed by atoms with Crippen LogP contribution in [0, 0.1) is 5.82 Å². The van der Waals surface area contributed by atoms with Crippen molar-refractivity contribution in [1.29, 1.82) is 0 Å². The van der Waals surface area contributed by atoms with E-state index in [1.54, 1.807) is 0 Å². The first-order chi connectivity index (χ1) is 9.00. The minimum Gasteiger partial charge on any atom is -0.389 e. The predicted molar refractivity (Wildman–Crippen MR) is 74.0 cm³/mol. The van der Waals surface area contributed by atoms with E-state index in [1.807, 2.05) is 13.1 Å². The van der Waals surface area contributed by atoms with Gasteiger partial charge in [0.1, 0.15) is 5.82 Å². The third-order valence-corrected chi connectivity index (χ3v) is 3.80. The molecular formula is C15H23FN2O. The number of hydrogen-bond acceptors (Lipinski definition) is 3. The van der Waals surface area contributed by atoms with Gasteiger partial charge in [-0.25, -0.2) is 4.39 Å². The van der Waals surface area contributed by atoms with Crippen LogP contribution in [-0.2, 0) is 13.1 Å². The van der Waals surface area contributed by atoms with E-state index in [0.29, 0.717) is 19.6 Å². The molecule has 0 amide bonds. The standard InChI is InChI=1S/C15H23FN2O/c1-18(11-15(19)4-2-3-5-15)10-13-6-12(9-17)7-14(16)8-13/h6-8,19H,2-5,9-11,17H2,1H3. The van der Waals surface area contributed by atoms with Gasteiger partial charge in [0.25, 0.3) is 0 Å². The van der Waals surface area contributed by atoms with Crippen molar-refractivity contribution in [3.8, 4) is 0 Å². The van der Waals surface area contributed by atoms with Gasteiger partial charge in [-0.15, -0.1) is 0 Å². The number of hydrogen-bond donors (Lipinski definition) is 2. The molecule has 0 atom stereocenters. The molecule has 1 saturated carbocycles. The van der Waals surface area contributed by atoms with Crippen molar-refractivity contribution >= 4 is 0 Å². The van der Waals surface area contributed by atoms with Crippen molar-refractivity contribution in [2.75, 3.05) is 13.6 Å². The van der Waals surface area contributed by atoms with Crippen LogP contribution in [-0.4, -0.2) is 29.2 Å². The molecule has 2 rings (SSSR count). The maximum atomic E-state index is 13.4. The molecule has 0 heterocycles. The molecule has 1 aromatic carbocycles. The fourth-order valence-electron chi connectivity index (χ4n) is 2.99. The van der Waals surface area contributed by atoms with Crippen LogP contribution >= 0.6 is 0 Å². The zero-order valence-electron chi connectivity index (χ0n) is 11.5. The van der Waals surface area contributed by atoms with E-state index in [4.69, 9.17) is 5.73 Å². The van der Waals surface area contributed by atoms with Gasteiger partial charge >= 0.3 is 0 Å². The van der Waals surface area contributed by atoms with Crippen molar-refractivity contribution in [2.24, 2.45) is 5.73 Å². The molecule has 0 saturated heterocycles. The third-order valence-electron chi connectivity index (χ3n) is 3.80. The molecule has 3 N–H and O–H groups in total. The summed E-state index contributed by atoms with van der Waals surface area (Å²) in [6.07, 6.45) is 3.94. The number of nitrogens with zero attached hydrogens (tertiary/aromatic N) is 1. The number of nitrogens with two attached hydrogens (primary N) is 1. The lowest BCUT2D eigenvalue weighted by Crippen LogP contribution is -2.38. The SMILES string of the molecule is CN(Cc1cc(F)cc(CN)c1)CC1(O)CCCC1. The molecule has 0 bridgehead atoms. The van der Waals surface area contributed by atoms with Gasteiger partial charge in [-0.1, -0.05) is 18.9 Å². The largest absolute Gasteiger partial charge is 0.389 e. The average molecular weight is 266 g/mol. The van der Waals surface area contributed by atoms with E-state index in [0.717, 1.165) is 36.8 Å². The number of aliphatic hydroxyl groups is 1. The maximum absolute atomic E-state index is 13.4. The summed E-state index contributed by atoms with van der Waals surface area (Å²) in [5.41, 5.74) is 6.71. The van der Waals surface area contributed by atoms with Crippen LogP contribution in [0.5, 0.6) is 0 Å². The zero-order chi connectivity index (χ0) is 13.9. The molecule has 0 spiro atoms. The molecule has 1 fully saturated rings. The Balaban J connectivity index is 1.98. The normalized spacial score (nSPS) is 18.2. The fourth-order valence-corrected chi connectivity index (χ4v) is 2.99. The van der Waals surface area contributed by atoms with E-state index in [2.05, 4.69) is 4.90 Å². The summed E-state index contributed by atoms with van der Waals surface area (Å²) in [7, 11) is 1.96. The van der Waals surface area contributed by atoms with Crippen molar-refractivity contribution in [3.63, 3.8) is 0 Å². The lowest BCUT2D eigenvalue weighted by atomic mass is 10.0. The number of rotatable bonds is 5. The van der Waals surface area contributed by atoms with Crippen LogP contribution in [0.15, 0.2) is 18.2 Å². The zero-order valence-corrected chi connectivity index (χ0v) is 11.5. The summed E-state index contributed by atoms with van der Waals surface area (Å²) < 4.78 is 13.4. The second-order valence-electron chi connectivity index (χ2n) is 5.78. The Hall–Kier alpha value is -0.970. The van der Waals surface area contributed by atoms with Gasteiger partial charge < -0.3 is 10.8 Å². The van der Waals surface area contributed by atoms with Crippen LogP contribution in [0.4, 0.5) is 4.39 Å². The van der Waals surface area contributed by atoms with Crippen molar-refractivity contribution in [2.45, 2.75) is 44.4 Å². The Morgan fingerprint density at radius 3 is 2.53 bits per heavy atom. The lowest BCUT2D eigenvalue weighted by molar-refractivity contribution is 0.0145. The Morgan fingerprint density at radius 2 is 1.89 bits per heavy atom. The second kappa shape index (κ2) is 5.99. The first-order valence-corrected chi connectivity index (χ1v) is 6.90. The molecule has 0 aliphatic heterocycles. The van der Waals surface area contributed by atoms with Crippen LogP contribution < -0.4 is 5.73 Å². The second-order valence-corrected chi connectivity index (χ2v) is 5.78. The minimum absolute atomic E-state index is 0.245. The average Bonchev–Trinajstić information content (AvgIpc) is 2.74. The molecular weight excluding hydrogens is 243 g/mol. The summed E-state index contributed by atoms with van der Waals surface area (Å²) in [4.78, 5) is 2.06. The molecule has 4 heteroatoms. The lowest BCUT2D eigenvalue weighted by Gasteiger charge is -2.28. The number of halogens is 1. The molecule has 1 aliphatic rings. The molecule has 0 unspecified atom stereocenters. The maximum Gasteiger partial charge on any atom is 0.123 e. The van der Waals surface area contributed by atoms with Gasteiger partial charge in [-0.3, -0.25) is 4.90 Å². The van der Waals surface area contributed by atoms with Gasteiger partial charge in [-0.2, -0.15) is 0 Å². The molecule has 1 aliphatic carbocycles. The van der Waals surface area contributed by atoms with E-state index in [-0.39, 0.29) is 5.82 Å². The van der Waals surface area contributed by atoms with E-state index in [1.165, 1.54) is 12.1 Å². The summed E-state index contributed by atoms with van der Waals surface area (Å²) in [5, 5.41) is 10.4. The van der Waals surface area contributed by atoms with Crippen molar-refractivity contribution in [1.82, 2.24) is 4.90 Å². The first kappa shape index (κ1) is 14.4. The summed E-state index contributed by atoms with van der Waals surface area (Å²) in [5.74, 6) is -0.245. The Labute approximate surface area is 114 Å². The molecule has 1 aromatic rings. The number of likely N-dealkylation sites (N-methyl/N-ethyl adjacent to an activating group) is 1. The minimum atomic E-state index is -0.557. The Morgan fingerprint density at radius 1 is 1.26 bits per heavy atom. The highest BCUT2D eigenvalue weighted by atomic mass is 19.1. The van der Waals surface area contributed by atoms with Crippen LogP contribution in [0.1, 0.15) is 36.8 Å². The summed E-state index contributed by atoms with van der Waals surface area (Å²) in [6, 6.07) is 4.93. The van der Waals surface area contributed by atoms with Gasteiger partial charge in [-0.05, 0) is 43.1 Å². The monoisotopic (exact) mass is 266 g/mol. The quantitative estimate of drug-likeness (QED) is 0.857. The van der Waals surface area contributed by atoms with Crippen molar-refractivity contribution in [3.05, 3.63) is 35.1 Å². The molecule has 0 radical (unpaired) electrons. The fraction of sp³-hybridized carbons (Fsp3) is 0.600. The summed E-state index contributed by atoms with van der Waals surface area (Å²) >= 11 is 0. The van der Waals surface area contributed by atoms with Gasteiger partial charge in [0, 0.05) is 19.6 Å². The highest BCUT2D eigenvalue weighted by Crippen LogP contribution is 2.30. The predicted octanol–water partition coefficient (Wildman–Crippen LogP) is 2.02. The smallest absolute Gasteiger partial charge is 0.123 e. The van der Waals surface area contributed by atoms with E-state index in [9.17, 15) is 9.50 Å². The Bertz CT molecular complexity index is 430. The molecule has 19 heavy (non-hydrogen) atoms. The van der Waals surface area contributed by atoms with Gasteiger partial charge in [0.2, 0.25) is 0 Å². The first-order valence-electron chi connectivity index (χ1n) is 6.90. The highest BCUT2D eigenvalue weighted by molar-refractivity contribution is 5.24. The van der Waals surface area contributed by atoms with Crippen LogP contribution in [0.2, 0.25) is 0 Å². The highest BCUT2D eigenvalue weighted by Gasteiger charge is 2.32. The van der Waals surface area contributed by atoms with Crippen LogP contribution in [0.3, 0.4) is 0 Å². The van der Waals surface area contributed by atoms with E-state index >= 15 is 0 Å². The van der Waals surface area contributed by atoms with Gasteiger partial charge in [0.15, 0.2) is 0 Å². The van der Waals surface area contributed by atoms with Gasteiger partial charge in [0.05, 0.1) is 5.60 Å². The van der Waals surface area contributed by atoms with Crippen LogP contribution in [0.25, 0.3) is 0 Å². The molecule has 3 nitrogen and oxygen atoms in total. The molecule has 0 aromatic heterocycles. The molecule has 106 valence electrons. The Kier molecular flexibility index (Phi) is 4.55. The number of benzene rings is 1. The third kappa shape index (κ3) is 4.00. The van der Waals surface area contributed by atoms with E-state index < -0.39 is 5.60 Å². The summed E-state index contributed by atoms with van der Waals surface area (Å²) in [6.45, 7) is 1.62.